The van der Waals surface area contributed by atoms with Crippen molar-refractivity contribution in [2.45, 2.75) is 36.3 Å². The number of ether oxygens (including phenoxy) is 1. The predicted octanol–water partition coefficient (Wildman–Crippen LogP) is 4.63. The van der Waals surface area contributed by atoms with Crippen LogP contribution in [0.3, 0.4) is 0 Å². The summed E-state index contributed by atoms with van der Waals surface area (Å²) in [6, 6.07) is 11.9. The van der Waals surface area contributed by atoms with E-state index < -0.39 is 20.9 Å². The average molecular weight is 461 g/mol. The monoisotopic (exact) mass is 460 g/mol. The molecule has 5 nitrogen and oxygen atoms in total. The quantitative estimate of drug-likeness (QED) is 0.537. The van der Waals surface area contributed by atoms with Crippen LogP contribution in [0.2, 0.25) is 0 Å². The van der Waals surface area contributed by atoms with Crippen LogP contribution in [0.1, 0.15) is 29.7 Å². The zero-order chi connectivity index (χ0) is 22.0. The molecule has 1 fully saturated rings. The Morgan fingerprint density at radius 1 is 1.19 bits per heavy atom. The van der Waals surface area contributed by atoms with Gasteiger partial charge in [-0.15, -0.1) is 11.3 Å². The van der Waals surface area contributed by atoms with Gasteiger partial charge in [-0.1, -0.05) is 18.2 Å². The third-order valence-electron chi connectivity index (χ3n) is 5.67. The number of piperidine rings is 1. The zero-order valence-electron chi connectivity index (χ0n) is 17.5. The van der Waals surface area contributed by atoms with E-state index in [1.54, 1.807) is 25.4 Å². The number of nitrogens with zero attached hydrogens (tertiary/aromatic N) is 2. The number of anilines is 1. The average Bonchev–Trinajstić information content (AvgIpc) is 3.24. The lowest BCUT2D eigenvalue weighted by atomic mass is 10.1. The molecule has 0 atom stereocenters. The zero-order valence-corrected chi connectivity index (χ0v) is 19.2. The number of hydrogen-bond donors (Lipinski definition) is 0. The van der Waals surface area contributed by atoms with Crippen molar-refractivity contribution in [3.05, 3.63) is 70.5 Å². The largest absolute Gasteiger partial charge is 0.497 e. The number of benzene rings is 2. The number of rotatable bonds is 6. The highest BCUT2D eigenvalue weighted by molar-refractivity contribution is 7.92. The van der Waals surface area contributed by atoms with E-state index in [9.17, 15) is 12.8 Å². The maximum atomic E-state index is 13.6. The van der Waals surface area contributed by atoms with Gasteiger partial charge < -0.3 is 9.64 Å². The normalized spacial score (nSPS) is 15.3. The Hall–Kier alpha value is -2.45. The number of hydrogen-bond acceptors (Lipinski definition) is 6. The van der Waals surface area contributed by atoms with Crippen LogP contribution in [-0.4, -0.2) is 38.9 Å². The summed E-state index contributed by atoms with van der Waals surface area (Å²) < 4.78 is 45.0. The van der Waals surface area contributed by atoms with Gasteiger partial charge in [0.25, 0.3) is 0 Å². The lowest BCUT2D eigenvalue weighted by Crippen LogP contribution is -2.39. The molecule has 164 valence electrons. The van der Waals surface area contributed by atoms with Crippen molar-refractivity contribution in [3.8, 4) is 5.75 Å². The molecule has 8 heteroatoms. The molecular weight excluding hydrogens is 435 g/mol. The Labute approximate surface area is 186 Å². The van der Waals surface area contributed by atoms with Crippen LogP contribution in [0.4, 0.5) is 9.52 Å². The smallest absolute Gasteiger partial charge is 0.185 e. The summed E-state index contributed by atoms with van der Waals surface area (Å²) in [5, 5.41) is 2.46. The molecule has 0 spiro atoms. The highest BCUT2D eigenvalue weighted by Gasteiger charge is 2.33. The van der Waals surface area contributed by atoms with E-state index in [0.29, 0.717) is 31.5 Å². The standard InChI is InChI=1S/C23H25FN2O3S2/c1-16-6-7-18(24)14-22(16)31(27,28)21-8-10-26(11-9-21)23-25-19(15-30-23)12-17-4-3-5-20(13-17)29-2/h3-7,13-15,21H,8-12H2,1-2H3. The summed E-state index contributed by atoms with van der Waals surface area (Å²) in [5.41, 5.74) is 2.70. The fraction of sp³-hybridized carbons (Fsp3) is 0.348. The lowest BCUT2D eigenvalue weighted by Gasteiger charge is -2.31. The number of aryl methyl sites for hydroxylation is 1. The number of halogens is 1. The molecule has 1 aromatic heterocycles. The van der Waals surface area contributed by atoms with Crippen LogP contribution in [-0.2, 0) is 16.3 Å². The Morgan fingerprint density at radius 2 is 1.97 bits per heavy atom. The van der Waals surface area contributed by atoms with Gasteiger partial charge in [0.15, 0.2) is 15.0 Å². The first-order valence-electron chi connectivity index (χ1n) is 10.2. The molecule has 0 N–H and O–H groups in total. The Balaban J connectivity index is 1.42. The summed E-state index contributed by atoms with van der Waals surface area (Å²) in [6.45, 7) is 2.94. The molecule has 3 aromatic rings. The minimum Gasteiger partial charge on any atom is -0.497 e. The summed E-state index contributed by atoms with van der Waals surface area (Å²) in [4.78, 5) is 7.02. The molecule has 2 heterocycles. The summed E-state index contributed by atoms with van der Waals surface area (Å²) >= 11 is 1.58. The van der Waals surface area contributed by atoms with E-state index in [-0.39, 0.29) is 4.90 Å². The molecule has 2 aromatic carbocycles. The van der Waals surface area contributed by atoms with E-state index in [0.717, 1.165) is 34.6 Å². The first-order chi connectivity index (χ1) is 14.9. The molecular formula is C23H25FN2O3S2. The minimum atomic E-state index is -3.56. The minimum absolute atomic E-state index is 0.112. The van der Waals surface area contributed by atoms with Gasteiger partial charge in [0.05, 0.1) is 22.9 Å². The van der Waals surface area contributed by atoms with Crippen LogP contribution in [0.15, 0.2) is 52.7 Å². The molecule has 0 unspecified atom stereocenters. The molecule has 31 heavy (non-hydrogen) atoms. The van der Waals surface area contributed by atoms with Crippen LogP contribution >= 0.6 is 11.3 Å². The number of aromatic nitrogens is 1. The summed E-state index contributed by atoms with van der Waals surface area (Å²) in [6.07, 6.45) is 1.73. The molecule has 0 saturated carbocycles. The van der Waals surface area contributed by atoms with E-state index in [1.165, 1.54) is 12.1 Å². The fourth-order valence-electron chi connectivity index (χ4n) is 3.93. The Kier molecular flexibility index (Phi) is 6.29. The number of sulfone groups is 1. The first-order valence-corrected chi connectivity index (χ1v) is 12.6. The van der Waals surface area contributed by atoms with E-state index in [1.807, 2.05) is 29.6 Å². The van der Waals surface area contributed by atoms with Gasteiger partial charge in [0, 0.05) is 24.9 Å². The van der Waals surface area contributed by atoms with Crippen molar-refractivity contribution in [1.82, 2.24) is 4.98 Å². The Morgan fingerprint density at radius 3 is 2.71 bits per heavy atom. The first kappa shape index (κ1) is 21.8. The van der Waals surface area contributed by atoms with Gasteiger partial charge in [0.2, 0.25) is 0 Å². The Bertz CT molecular complexity index is 1170. The van der Waals surface area contributed by atoms with Crippen molar-refractivity contribution in [2.75, 3.05) is 25.1 Å². The second-order valence-electron chi connectivity index (χ2n) is 7.79. The molecule has 0 aliphatic carbocycles. The molecule has 4 rings (SSSR count). The maximum Gasteiger partial charge on any atom is 0.185 e. The topological polar surface area (TPSA) is 59.5 Å². The highest BCUT2D eigenvalue weighted by Crippen LogP contribution is 2.31. The van der Waals surface area contributed by atoms with E-state index in [2.05, 4.69) is 4.90 Å². The second kappa shape index (κ2) is 8.96. The van der Waals surface area contributed by atoms with Crippen LogP contribution < -0.4 is 9.64 Å². The predicted molar refractivity (Wildman–Crippen MR) is 121 cm³/mol. The van der Waals surface area contributed by atoms with Crippen molar-refractivity contribution < 1.29 is 17.5 Å². The fourth-order valence-corrected chi connectivity index (χ4v) is 6.79. The van der Waals surface area contributed by atoms with Crippen molar-refractivity contribution in [3.63, 3.8) is 0 Å². The van der Waals surface area contributed by atoms with Gasteiger partial charge in [0.1, 0.15) is 11.6 Å². The van der Waals surface area contributed by atoms with Crippen LogP contribution in [0, 0.1) is 12.7 Å². The number of methoxy groups -OCH3 is 1. The molecule has 0 radical (unpaired) electrons. The lowest BCUT2D eigenvalue weighted by molar-refractivity contribution is 0.414. The van der Waals surface area contributed by atoms with Gasteiger partial charge in [-0.3, -0.25) is 0 Å². The van der Waals surface area contributed by atoms with Gasteiger partial charge in [-0.05, 0) is 55.2 Å². The third kappa shape index (κ3) is 4.75. The van der Waals surface area contributed by atoms with Crippen LogP contribution in [0.25, 0.3) is 0 Å². The van der Waals surface area contributed by atoms with Gasteiger partial charge >= 0.3 is 0 Å². The van der Waals surface area contributed by atoms with Gasteiger partial charge in [-0.2, -0.15) is 0 Å². The molecule has 0 bridgehead atoms. The summed E-state index contributed by atoms with van der Waals surface area (Å²) in [7, 11) is -1.91. The third-order valence-corrected chi connectivity index (χ3v) is 9.02. The molecule has 0 amide bonds. The highest BCUT2D eigenvalue weighted by atomic mass is 32.2. The summed E-state index contributed by atoms with van der Waals surface area (Å²) in [5.74, 6) is 0.303. The second-order valence-corrected chi connectivity index (χ2v) is 10.8. The molecule has 1 aliphatic rings. The number of thiazole rings is 1. The molecule has 1 aliphatic heterocycles. The van der Waals surface area contributed by atoms with E-state index in [4.69, 9.17) is 9.72 Å². The van der Waals surface area contributed by atoms with E-state index >= 15 is 0 Å². The van der Waals surface area contributed by atoms with Gasteiger partial charge in [-0.25, -0.2) is 17.8 Å². The maximum absolute atomic E-state index is 13.6. The molecule has 1 saturated heterocycles. The SMILES string of the molecule is COc1cccc(Cc2csc(N3CCC(S(=O)(=O)c4cc(F)ccc4C)CC3)n2)c1. The van der Waals surface area contributed by atoms with Crippen molar-refractivity contribution in [2.24, 2.45) is 0 Å². The van der Waals surface area contributed by atoms with Crippen molar-refractivity contribution >= 4 is 26.3 Å². The van der Waals surface area contributed by atoms with Crippen molar-refractivity contribution in [1.29, 1.82) is 0 Å². The van der Waals surface area contributed by atoms with Crippen LogP contribution in [0.5, 0.6) is 5.75 Å².